The third kappa shape index (κ3) is 3.59. The summed E-state index contributed by atoms with van der Waals surface area (Å²) in [5.41, 5.74) is 0.313. The Morgan fingerprint density at radius 3 is 2.83 bits per heavy atom. The van der Waals surface area contributed by atoms with Gasteiger partial charge >= 0.3 is 0 Å². The Bertz CT molecular complexity index is 695. The minimum atomic E-state index is -0.0958. The van der Waals surface area contributed by atoms with E-state index in [1.165, 1.54) is 0 Å². The Balaban J connectivity index is 1.64. The molecule has 0 spiro atoms. The van der Waals surface area contributed by atoms with Crippen molar-refractivity contribution in [2.75, 3.05) is 20.2 Å². The van der Waals surface area contributed by atoms with Crippen molar-refractivity contribution in [3.63, 3.8) is 0 Å². The van der Waals surface area contributed by atoms with Crippen LogP contribution >= 0.6 is 11.6 Å². The van der Waals surface area contributed by atoms with Crippen molar-refractivity contribution in [2.24, 2.45) is 0 Å². The van der Waals surface area contributed by atoms with Crippen molar-refractivity contribution in [1.82, 2.24) is 10.1 Å². The highest BCUT2D eigenvalue weighted by Crippen LogP contribution is 2.30. The lowest BCUT2D eigenvalue weighted by molar-refractivity contribution is 0.0782. The van der Waals surface area contributed by atoms with E-state index in [1.807, 2.05) is 0 Å². The molecular formula is C16H17ClN2O4. The van der Waals surface area contributed by atoms with Gasteiger partial charge in [-0.1, -0.05) is 16.8 Å². The first kappa shape index (κ1) is 15.7. The average Bonchev–Trinajstić information content (AvgIpc) is 3.24. The summed E-state index contributed by atoms with van der Waals surface area (Å²) < 4.78 is 16.0. The molecular weight excluding hydrogens is 320 g/mol. The molecule has 1 aromatic carbocycles. The third-order valence-electron chi connectivity index (χ3n) is 3.67. The number of likely N-dealkylation sites (tertiary alicyclic amines) is 1. The SMILES string of the molecule is COc1cc(Cl)ccc1OCc1cc(C(=O)N2CCCC2)no1. The van der Waals surface area contributed by atoms with E-state index in [1.54, 1.807) is 36.3 Å². The topological polar surface area (TPSA) is 64.8 Å². The molecule has 1 amide bonds. The molecule has 1 aliphatic rings. The zero-order chi connectivity index (χ0) is 16.2. The number of hydrogen-bond donors (Lipinski definition) is 0. The van der Waals surface area contributed by atoms with Crippen LogP contribution in [0.5, 0.6) is 11.5 Å². The van der Waals surface area contributed by atoms with Gasteiger partial charge in [0.1, 0.15) is 6.61 Å². The maximum absolute atomic E-state index is 12.2. The van der Waals surface area contributed by atoms with Gasteiger partial charge in [0.05, 0.1) is 7.11 Å². The number of ether oxygens (including phenoxy) is 2. The summed E-state index contributed by atoms with van der Waals surface area (Å²) in [7, 11) is 1.54. The van der Waals surface area contributed by atoms with E-state index in [9.17, 15) is 4.79 Å². The minimum absolute atomic E-state index is 0.0958. The zero-order valence-corrected chi connectivity index (χ0v) is 13.5. The molecule has 0 atom stereocenters. The van der Waals surface area contributed by atoms with Gasteiger partial charge in [0.25, 0.3) is 5.91 Å². The highest BCUT2D eigenvalue weighted by Gasteiger charge is 2.22. The molecule has 122 valence electrons. The lowest BCUT2D eigenvalue weighted by Crippen LogP contribution is -2.27. The van der Waals surface area contributed by atoms with Crippen LogP contribution in [0.4, 0.5) is 0 Å². The summed E-state index contributed by atoms with van der Waals surface area (Å²) in [6, 6.07) is 6.71. The fourth-order valence-electron chi connectivity index (χ4n) is 2.47. The molecule has 1 fully saturated rings. The number of carbonyl (C=O) groups excluding carboxylic acids is 1. The summed E-state index contributed by atoms with van der Waals surface area (Å²) in [4.78, 5) is 14.0. The summed E-state index contributed by atoms with van der Waals surface area (Å²) >= 11 is 5.91. The molecule has 0 aliphatic carbocycles. The van der Waals surface area contributed by atoms with Crippen LogP contribution in [0.1, 0.15) is 29.1 Å². The van der Waals surface area contributed by atoms with E-state index in [0.717, 1.165) is 25.9 Å². The van der Waals surface area contributed by atoms with E-state index >= 15 is 0 Å². The van der Waals surface area contributed by atoms with Crippen LogP contribution in [-0.2, 0) is 6.61 Å². The van der Waals surface area contributed by atoms with Gasteiger partial charge in [-0.3, -0.25) is 4.79 Å². The maximum atomic E-state index is 12.2. The monoisotopic (exact) mass is 336 g/mol. The number of nitrogens with zero attached hydrogens (tertiary/aromatic N) is 2. The molecule has 3 rings (SSSR count). The van der Waals surface area contributed by atoms with Crippen molar-refractivity contribution in [2.45, 2.75) is 19.4 Å². The van der Waals surface area contributed by atoms with Gasteiger partial charge in [-0.25, -0.2) is 0 Å². The Morgan fingerprint density at radius 1 is 1.30 bits per heavy atom. The van der Waals surface area contributed by atoms with E-state index in [-0.39, 0.29) is 12.5 Å². The second-order valence-corrected chi connectivity index (χ2v) is 5.70. The first-order valence-electron chi connectivity index (χ1n) is 7.38. The van der Waals surface area contributed by atoms with Crippen molar-refractivity contribution in [3.8, 4) is 11.5 Å². The molecule has 1 aromatic heterocycles. The molecule has 6 nitrogen and oxygen atoms in total. The third-order valence-corrected chi connectivity index (χ3v) is 3.90. The number of halogens is 1. The number of rotatable bonds is 5. The zero-order valence-electron chi connectivity index (χ0n) is 12.8. The number of carbonyl (C=O) groups is 1. The van der Waals surface area contributed by atoms with E-state index in [0.29, 0.717) is 28.0 Å². The van der Waals surface area contributed by atoms with Gasteiger partial charge in [-0.2, -0.15) is 0 Å². The molecule has 0 bridgehead atoms. The first-order chi connectivity index (χ1) is 11.2. The Kier molecular flexibility index (Phi) is 4.71. The number of benzene rings is 1. The summed E-state index contributed by atoms with van der Waals surface area (Å²) in [5.74, 6) is 1.46. The second-order valence-electron chi connectivity index (χ2n) is 5.26. The number of aromatic nitrogens is 1. The van der Waals surface area contributed by atoms with Gasteiger partial charge < -0.3 is 18.9 Å². The number of amides is 1. The highest BCUT2D eigenvalue weighted by molar-refractivity contribution is 6.30. The smallest absolute Gasteiger partial charge is 0.276 e. The fourth-order valence-corrected chi connectivity index (χ4v) is 2.64. The van der Waals surface area contributed by atoms with Gasteiger partial charge in [0, 0.05) is 30.2 Å². The van der Waals surface area contributed by atoms with Crippen molar-refractivity contribution in [1.29, 1.82) is 0 Å². The predicted molar refractivity (Wildman–Crippen MR) is 84.0 cm³/mol. The van der Waals surface area contributed by atoms with Gasteiger partial charge in [-0.05, 0) is 25.0 Å². The van der Waals surface area contributed by atoms with E-state index in [4.69, 9.17) is 25.6 Å². The van der Waals surface area contributed by atoms with Gasteiger partial charge in [0.2, 0.25) is 0 Å². The molecule has 0 saturated carbocycles. The molecule has 1 saturated heterocycles. The van der Waals surface area contributed by atoms with Crippen LogP contribution in [0.25, 0.3) is 0 Å². The van der Waals surface area contributed by atoms with Crippen LogP contribution in [0.2, 0.25) is 5.02 Å². The molecule has 23 heavy (non-hydrogen) atoms. The summed E-state index contributed by atoms with van der Waals surface area (Å²) in [6.07, 6.45) is 2.08. The second kappa shape index (κ2) is 6.91. The summed E-state index contributed by atoms with van der Waals surface area (Å²) in [5, 5.41) is 4.39. The molecule has 0 radical (unpaired) electrons. The lowest BCUT2D eigenvalue weighted by Gasteiger charge is -2.12. The quantitative estimate of drug-likeness (QED) is 0.839. The van der Waals surface area contributed by atoms with Gasteiger partial charge in [-0.15, -0.1) is 0 Å². The number of hydrogen-bond acceptors (Lipinski definition) is 5. The maximum Gasteiger partial charge on any atom is 0.276 e. The summed E-state index contributed by atoms with van der Waals surface area (Å²) in [6.45, 7) is 1.71. The van der Waals surface area contributed by atoms with Crippen LogP contribution in [0, 0.1) is 0 Å². The van der Waals surface area contributed by atoms with E-state index < -0.39 is 0 Å². The predicted octanol–water partition coefficient (Wildman–Crippen LogP) is 3.15. The average molecular weight is 337 g/mol. The molecule has 2 heterocycles. The molecule has 0 unspecified atom stereocenters. The van der Waals surface area contributed by atoms with Crippen molar-refractivity contribution < 1.29 is 18.8 Å². The van der Waals surface area contributed by atoms with Crippen LogP contribution in [0.3, 0.4) is 0 Å². The van der Waals surface area contributed by atoms with Crippen LogP contribution in [0.15, 0.2) is 28.8 Å². The largest absolute Gasteiger partial charge is 0.493 e. The standard InChI is InChI=1S/C16H17ClN2O4/c1-21-15-8-11(17)4-5-14(15)22-10-12-9-13(18-23-12)16(20)19-6-2-3-7-19/h4-5,8-9H,2-3,6-7,10H2,1H3. The lowest BCUT2D eigenvalue weighted by atomic mass is 10.3. The van der Waals surface area contributed by atoms with Crippen LogP contribution < -0.4 is 9.47 Å². The normalized spacial score (nSPS) is 14.1. The van der Waals surface area contributed by atoms with Crippen molar-refractivity contribution >= 4 is 17.5 Å². The van der Waals surface area contributed by atoms with Crippen LogP contribution in [-0.4, -0.2) is 36.2 Å². The first-order valence-corrected chi connectivity index (χ1v) is 7.76. The molecule has 7 heteroatoms. The molecule has 0 N–H and O–H groups in total. The van der Waals surface area contributed by atoms with Crippen molar-refractivity contribution in [3.05, 3.63) is 40.7 Å². The highest BCUT2D eigenvalue weighted by atomic mass is 35.5. The number of methoxy groups -OCH3 is 1. The Labute approximate surface area is 138 Å². The van der Waals surface area contributed by atoms with Gasteiger partial charge in [0.15, 0.2) is 23.0 Å². The minimum Gasteiger partial charge on any atom is -0.493 e. The molecule has 2 aromatic rings. The Hall–Kier alpha value is -2.21. The fraction of sp³-hybridized carbons (Fsp3) is 0.375. The molecule has 1 aliphatic heterocycles. The van der Waals surface area contributed by atoms with E-state index in [2.05, 4.69) is 5.16 Å². The Morgan fingerprint density at radius 2 is 2.09 bits per heavy atom.